The fourth-order valence-corrected chi connectivity index (χ4v) is 3.23. The standard InChI is InChI=1S/C17H18BrNO2S/c1-21-15-9-7-12(11-13(15)18)8-10-17(20)19-14-5-3-4-6-16(14)22-2/h3-7,9,11H,8,10H2,1-2H3,(H,19,20). The Morgan fingerprint density at radius 3 is 2.73 bits per heavy atom. The van der Waals surface area contributed by atoms with Crippen molar-refractivity contribution in [2.75, 3.05) is 18.7 Å². The maximum absolute atomic E-state index is 12.1. The highest BCUT2D eigenvalue weighted by molar-refractivity contribution is 9.10. The average molecular weight is 380 g/mol. The van der Waals surface area contributed by atoms with E-state index in [0.717, 1.165) is 26.4 Å². The predicted octanol–water partition coefficient (Wildman–Crippen LogP) is 4.75. The summed E-state index contributed by atoms with van der Waals surface area (Å²) in [6.07, 6.45) is 3.14. The molecule has 2 aromatic rings. The number of anilines is 1. The van der Waals surface area contributed by atoms with Gasteiger partial charge in [0.15, 0.2) is 0 Å². The normalized spacial score (nSPS) is 10.3. The van der Waals surface area contributed by atoms with Gasteiger partial charge >= 0.3 is 0 Å². The molecule has 0 aromatic heterocycles. The quantitative estimate of drug-likeness (QED) is 0.735. The molecule has 0 fully saturated rings. The predicted molar refractivity (Wildman–Crippen MR) is 95.9 cm³/mol. The Balaban J connectivity index is 1.94. The molecule has 0 aliphatic rings. The highest BCUT2D eigenvalue weighted by atomic mass is 79.9. The zero-order chi connectivity index (χ0) is 15.9. The number of methoxy groups -OCH3 is 1. The van der Waals surface area contributed by atoms with Crippen molar-refractivity contribution in [3.8, 4) is 5.75 Å². The Kier molecular flexibility index (Phi) is 6.34. The van der Waals surface area contributed by atoms with Gasteiger partial charge in [0.1, 0.15) is 5.75 Å². The van der Waals surface area contributed by atoms with Crippen LogP contribution >= 0.6 is 27.7 Å². The number of para-hydroxylation sites is 1. The fraction of sp³-hybridized carbons (Fsp3) is 0.235. The van der Waals surface area contributed by atoms with Crippen LogP contribution in [-0.2, 0) is 11.2 Å². The van der Waals surface area contributed by atoms with Crippen LogP contribution < -0.4 is 10.1 Å². The van der Waals surface area contributed by atoms with Gasteiger partial charge in [0.2, 0.25) is 5.91 Å². The number of carbonyl (C=O) groups excluding carboxylic acids is 1. The van der Waals surface area contributed by atoms with E-state index in [9.17, 15) is 4.79 Å². The molecule has 0 spiro atoms. The minimum absolute atomic E-state index is 0.0217. The van der Waals surface area contributed by atoms with Crippen LogP contribution in [-0.4, -0.2) is 19.3 Å². The van der Waals surface area contributed by atoms with E-state index >= 15 is 0 Å². The van der Waals surface area contributed by atoms with E-state index in [1.807, 2.05) is 48.7 Å². The monoisotopic (exact) mass is 379 g/mol. The van der Waals surface area contributed by atoms with Gasteiger partial charge < -0.3 is 10.1 Å². The number of hydrogen-bond donors (Lipinski definition) is 1. The summed E-state index contributed by atoms with van der Waals surface area (Å²) in [6, 6.07) is 13.7. The van der Waals surface area contributed by atoms with Crippen LogP contribution in [0.4, 0.5) is 5.69 Å². The minimum atomic E-state index is 0.0217. The topological polar surface area (TPSA) is 38.3 Å². The number of ether oxygens (including phenoxy) is 1. The number of amides is 1. The number of nitrogens with one attached hydrogen (secondary N) is 1. The lowest BCUT2D eigenvalue weighted by atomic mass is 10.1. The number of thioether (sulfide) groups is 1. The highest BCUT2D eigenvalue weighted by Crippen LogP contribution is 2.27. The molecule has 116 valence electrons. The summed E-state index contributed by atoms with van der Waals surface area (Å²) in [5.41, 5.74) is 1.97. The summed E-state index contributed by atoms with van der Waals surface area (Å²) in [6.45, 7) is 0. The first-order valence-electron chi connectivity index (χ1n) is 6.89. The molecule has 5 heteroatoms. The summed E-state index contributed by atoms with van der Waals surface area (Å²) in [5.74, 6) is 0.815. The molecular formula is C17H18BrNO2S. The first kappa shape index (κ1) is 16.9. The molecule has 0 unspecified atom stereocenters. The summed E-state index contributed by atoms with van der Waals surface area (Å²) in [5, 5.41) is 2.97. The molecule has 3 nitrogen and oxygen atoms in total. The molecule has 2 aromatic carbocycles. The van der Waals surface area contributed by atoms with Crippen molar-refractivity contribution in [3.63, 3.8) is 0 Å². The van der Waals surface area contributed by atoms with Gasteiger partial charge in [-0.2, -0.15) is 0 Å². The van der Waals surface area contributed by atoms with E-state index in [0.29, 0.717) is 12.8 Å². The van der Waals surface area contributed by atoms with Gasteiger partial charge in [-0.1, -0.05) is 18.2 Å². The third kappa shape index (κ3) is 4.52. The Hall–Kier alpha value is -1.46. The van der Waals surface area contributed by atoms with Crippen molar-refractivity contribution >= 4 is 39.3 Å². The molecule has 0 saturated carbocycles. The van der Waals surface area contributed by atoms with Crippen molar-refractivity contribution in [3.05, 3.63) is 52.5 Å². The lowest BCUT2D eigenvalue weighted by molar-refractivity contribution is -0.116. The molecule has 0 saturated heterocycles. The van der Waals surface area contributed by atoms with Gasteiger partial charge in [-0.25, -0.2) is 0 Å². The van der Waals surface area contributed by atoms with Crippen molar-refractivity contribution in [1.82, 2.24) is 0 Å². The summed E-state index contributed by atoms with van der Waals surface area (Å²) in [4.78, 5) is 13.2. The molecular weight excluding hydrogens is 362 g/mol. The van der Waals surface area contributed by atoms with E-state index in [1.54, 1.807) is 18.9 Å². The molecule has 0 bridgehead atoms. The van der Waals surface area contributed by atoms with Gasteiger partial charge in [-0.15, -0.1) is 11.8 Å². The van der Waals surface area contributed by atoms with Crippen molar-refractivity contribution in [2.45, 2.75) is 17.7 Å². The molecule has 0 radical (unpaired) electrons. The average Bonchev–Trinajstić information content (AvgIpc) is 2.53. The number of aryl methyl sites for hydroxylation is 1. The highest BCUT2D eigenvalue weighted by Gasteiger charge is 2.07. The Morgan fingerprint density at radius 2 is 2.05 bits per heavy atom. The summed E-state index contributed by atoms with van der Waals surface area (Å²) >= 11 is 5.08. The minimum Gasteiger partial charge on any atom is -0.496 e. The molecule has 22 heavy (non-hydrogen) atoms. The first-order valence-corrected chi connectivity index (χ1v) is 8.91. The number of carbonyl (C=O) groups is 1. The second-order valence-electron chi connectivity index (χ2n) is 4.72. The third-order valence-corrected chi connectivity index (χ3v) is 4.65. The molecule has 0 aliphatic carbocycles. The second kappa shape index (κ2) is 8.25. The van der Waals surface area contributed by atoms with Crippen molar-refractivity contribution < 1.29 is 9.53 Å². The first-order chi connectivity index (χ1) is 10.6. The number of hydrogen-bond acceptors (Lipinski definition) is 3. The zero-order valence-electron chi connectivity index (χ0n) is 12.6. The third-order valence-electron chi connectivity index (χ3n) is 3.24. The lowest BCUT2D eigenvalue weighted by Gasteiger charge is -2.10. The number of rotatable bonds is 6. The molecule has 0 aliphatic heterocycles. The van der Waals surface area contributed by atoms with E-state index in [-0.39, 0.29) is 5.91 Å². The molecule has 0 heterocycles. The smallest absolute Gasteiger partial charge is 0.224 e. The lowest BCUT2D eigenvalue weighted by Crippen LogP contribution is -2.12. The van der Waals surface area contributed by atoms with Crippen LogP contribution in [0.15, 0.2) is 51.8 Å². The van der Waals surface area contributed by atoms with E-state index in [1.165, 1.54) is 0 Å². The van der Waals surface area contributed by atoms with Crippen LogP contribution in [0.5, 0.6) is 5.75 Å². The van der Waals surface area contributed by atoms with Gasteiger partial charge in [-0.3, -0.25) is 4.79 Å². The van der Waals surface area contributed by atoms with Crippen molar-refractivity contribution in [2.24, 2.45) is 0 Å². The maximum atomic E-state index is 12.1. The van der Waals surface area contributed by atoms with Gasteiger partial charge in [0.05, 0.1) is 17.3 Å². The van der Waals surface area contributed by atoms with Crippen LogP contribution in [0.3, 0.4) is 0 Å². The van der Waals surface area contributed by atoms with Crippen LogP contribution in [0.2, 0.25) is 0 Å². The summed E-state index contributed by atoms with van der Waals surface area (Å²) in [7, 11) is 1.64. The molecule has 2 rings (SSSR count). The Morgan fingerprint density at radius 1 is 1.27 bits per heavy atom. The van der Waals surface area contributed by atoms with Crippen LogP contribution in [0.25, 0.3) is 0 Å². The SMILES string of the molecule is COc1ccc(CCC(=O)Nc2ccccc2SC)cc1Br. The zero-order valence-corrected chi connectivity index (χ0v) is 15.0. The summed E-state index contributed by atoms with van der Waals surface area (Å²) < 4.78 is 6.10. The Bertz CT molecular complexity index is 661. The maximum Gasteiger partial charge on any atom is 0.224 e. The second-order valence-corrected chi connectivity index (χ2v) is 6.42. The Labute approximate surface area is 143 Å². The van der Waals surface area contributed by atoms with E-state index < -0.39 is 0 Å². The molecule has 1 N–H and O–H groups in total. The number of halogens is 1. The number of benzene rings is 2. The van der Waals surface area contributed by atoms with E-state index in [2.05, 4.69) is 21.2 Å². The largest absolute Gasteiger partial charge is 0.496 e. The van der Waals surface area contributed by atoms with Gasteiger partial charge in [-0.05, 0) is 58.4 Å². The van der Waals surface area contributed by atoms with Crippen LogP contribution in [0, 0.1) is 0 Å². The van der Waals surface area contributed by atoms with Crippen molar-refractivity contribution in [1.29, 1.82) is 0 Å². The van der Waals surface area contributed by atoms with E-state index in [4.69, 9.17) is 4.74 Å². The molecule has 0 atom stereocenters. The fourth-order valence-electron chi connectivity index (χ4n) is 2.08. The van der Waals surface area contributed by atoms with Gasteiger partial charge in [0, 0.05) is 11.3 Å². The van der Waals surface area contributed by atoms with Crippen LogP contribution in [0.1, 0.15) is 12.0 Å². The molecule has 1 amide bonds. The van der Waals surface area contributed by atoms with Gasteiger partial charge in [0.25, 0.3) is 0 Å².